The number of nitrogens with zero attached hydrogens (tertiary/aromatic N) is 4. The molecule has 4 heteroatoms. The molecule has 0 N–H and O–H groups in total. The first kappa shape index (κ1) is 10.2. The largest absolute Gasteiger partial charge is 0.302 e. The predicted octanol–water partition coefficient (Wildman–Crippen LogP) is 1.01. The second kappa shape index (κ2) is 5.70. The minimum Gasteiger partial charge on any atom is -0.302 e. The summed E-state index contributed by atoms with van der Waals surface area (Å²) < 4.78 is 1.87. The van der Waals surface area contributed by atoms with Gasteiger partial charge < -0.3 is 4.90 Å². The summed E-state index contributed by atoms with van der Waals surface area (Å²) in [6.45, 7) is 8.68. The molecule has 1 heterocycles. The second-order valence-electron chi connectivity index (χ2n) is 3.09. The monoisotopic (exact) mass is 182 g/mol. The van der Waals surface area contributed by atoms with Crippen LogP contribution in [0.4, 0.5) is 0 Å². The van der Waals surface area contributed by atoms with E-state index in [4.69, 9.17) is 0 Å². The van der Waals surface area contributed by atoms with E-state index in [-0.39, 0.29) is 0 Å². The van der Waals surface area contributed by atoms with Crippen molar-refractivity contribution in [3.63, 3.8) is 0 Å². The molecule has 0 unspecified atom stereocenters. The summed E-state index contributed by atoms with van der Waals surface area (Å²) in [5.74, 6) is 0. The maximum absolute atomic E-state index is 4.06. The fourth-order valence-electron chi connectivity index (χ4n) is 1.34. The molecule has 0 spiro atoms. The van der Waals surface area contributed by atoms with Gasteiger partial charge in [0.2, 0.25) is 0 Å². The molecule has 0 aliphatic rings. The van der Waals surface area contributed by atoms with Crippen molar-refractivity contribution < 1.29 is 0 Å². The molecular weight excluding hydrogens is 164 g/mol. The zero-order valence-electron chi connectivity index (χ0n) is 8.48. The average molecular weight is 182 g/mol. The molecule has 0 radical (unpaired) electrons. The van der Waals surface area contributed by atoms with Crippen LogP contribution in [-0.4, -0.2) is 39.3 Å². The molecule has 0 atom stereocenters. The topological polar surface area (TPSA) is 34.0 Å². The summed E-state index contributed by atoms with van der Waals surface area (Å²) in [6.07, 6.45) is 4.56. The molecule has 0 aromatic carbocycles. The maximum Gasteiger partial charge on any atom is 0.137 e. The summed E-state index contributed by atoms with van der Waals surface area (Å²) >= 11 is 0. The summed E-state index contributed by atoms with van der Waals surface area (Å²) in [4.78, 5) is 6.32. The average Bonchev–Trinajstić information content (AvgIpc) is 2.64. The second-order valence-corrected chi connectivity index (χ2v) is 3.09. The third-order valence-corrected chi connectivity index (χ3v) is 2.10. The number of aromatic nitrogens is 3. The van der Waals surface area contributed by atoms with Crippen molar-refractivity contribution in [1.82, 2.24) is 19.7 Å². The van der Waals surface area contributed by atoms with E-state index in [1.807, 2.05) is 4.68 Å². The first-order valence-corrected chi connectivity index (χ1v) is 4.91. The smallest absolute Gasteiger partial charge is 0.137 e. The van der Waals surface area contributed by atoms with Gasteiger partial charge in [0.1, 0.15) is 12.7 Å². The van der Waals surface area contributed by atoms with Crippen LogP contribution in [0.1, 0.15) is 20.3 Å². The van der Waals surface area contributed by atoms with Crippen molar-refractivity contribution in [2.45, 2.75) is 26.8 Å². The molecule has 0 amide bonds. The van der Waals surface area contributed by atoms with Crippen LogP contribution in [0.3, 0.4) is 0 Å². The van der Waals surface area contributed by atoms with Crippen LogP contribution in [0, 0.1) is 0 Å². The molecular formula is C9H18N4. The molecule has 0 bridgehead atoms. The number of rotatable bonds is 6. The summed E-state index contributed by atoms with van der Waals surface area (Å²) in [6, 6.07) is 0. The number of likely N-dealkylation sites (N-methyl/N-ethyl adjacent to an activating group) is 1. The van der Waals surface area contributed by atoms with Gasteiger partial charge >= 0.3 is 0 Å². The predicted molar refractivity (Wildman–Crippen MR) is 52.4 cm³/mol. The fourth-order valence-corrected chi connectivity index (χ4v) is 1.34. The highest BCUT2D eigenvalue weighted by Crippen LogP contribution is 1.92. The molecule has 0 aliphatic heterocycles. The fraction of sp³-hybridized carbons (Fsp3) is 0.778. The molecule has 0 fully saturated rings. The van der Waals surface area contributed by atoms with E-state index in [0.717, 1.165) is 19.6 Å². The van der Waals surface area contributed by atoms with Crippen LogP contribution in [0.5, 0.6) is 0 Å². The Balaban J connectivity index is 2.23. The van der Waals surface area contributed by atoms with Crippen LogP contribution < -0.4 is 0 Å². The Morgan fingerprint density at radius 2 is 2.15 bits per heavy atom. The van der Waals surface area contributed by atoms with E-state index >= 15 is 0 Å². The van der Waals surface area contributed by atoms with Crippen molar-refractivity contribution in [3.05, 3.63) is 12.7 Å². The number of hydrogen-bond donors (Lipinski definition) is 0. The van der Waals surface area contributed by atoms with E-state index < -0.39 is 0 Å². The molecule has 0 saturated heterocycles. The summed E-state index contributed by atoms with van der Waals surface area (Å²) in [5, 5.41) is 4.06. The lowest BCUT2D eigenvalue weighted by atomic mass is 10.4. The highest BCUT2D eigenvalue weighted by Gasteiger charge is 2.00. The molecule has 0 saturated carbocycles. The lowest BCUT2D eigenvalue weighted by Gasteiger charge is -2.18. The minimum absolute atomic E-state index is 0.938. The van der Waals surface area contributed by atoms with E-state index in [1.165, 1.54) is 13.0 Å². The van der Waals surface area contributed by atoms with Gasteiger partial charge in [-0.25, -0.2) is 4.98 Å². The Morgan fingerprint density at radius 1 is 1.31 bits per heavy atom. The van der Waals surface area contributed by atoms with Gasteiger partial charge in [0.25, 0.3) is 0 Å². The van der Waals surface area contributed by atoms with Gasteiger partial charge in [-0.05, 0) is 19.5 Å². The summed E-state index contributed by atoms with van der Waals surface area (Å²) in [7, 11) is 0. The summed E-state index contributed by atoms with van der Waals surface area (Å²) in [5.41, 5.74) is 0. The Morgan fingerprint density at radius 3 is 2.69 bits per heavy atom. The van der Waals surface area contributed by atoms with Gasteiger partial charge in [-0.1, -0.05) is 13.8 Å². The SMILES string of the molecule is CCCN(CC)CCn1cncn1. The van der Waals surface area contributed by atoms with Gasteiger partial charge in [-0.2, -0.15) is 5.10 Å². The zero-order chi connectivity index (χ0) is 9.52. The molecule has 13 heavy (non-hydrogen) atoms. The number of hydrogen-bond acceptors (Lipinski definition) is 3. The standard InChI is InChI=1S/C9H18N4/c1-3-5-12(4-2)6-7-13-9-10-8-11-13/h8-9H,3-7H2,1-2H3. The Kier molecular flexibility index (Phi) is 4.46. The molecule has 0 aliphatic carbocycles. The first-order chi connectivity index (χ1) is 6.36. The van der Waals surface area contributed by atoms with Gasteiger partial charge in [-0.15, -0.1) is 0 Å². The maximum atomic E-state index is 4.06. The molecule has 1 aromatic rings. The van der Waals surface area contributed by atoms with Gasteiger partial charge in [-0.3, -0.25) is 4.68 Å². The lowest BCUT2D eigenvalue weighted by Crippen LogP contribution is -2.28. The van der Waals surface area contributed by atoms with Crippen LogP contribution >= 0.6 is 0 Å². The molecule has 1 aromatic heterocycles. The zero-order valence-corrected chi connectivity index (χ0v) is 8.48. The van der Waals surface area contributed by atoms with Gasteiger partial charge in [0.05, 0.1) is 6.54 Å². The van der Waals surface area contributed by atoms with E-state index in [9.17, 15) is 0 Å². The third kappa shape index (κ3) is 3.55. The Labute approximate surface area is 79.6 Å². The van der Waals surface area contributed by atoms with E-state index in [0.29, 0.717) is 0 Å². The Hall–Kier alpha value is -0.900. The van der Waals surface area contributed by atoms with Crippen LogP contribution in [0.25, 0.3) is 0 Å². The van der Waals surface area contributed by atoms with E-state index in [1.54, 1.807) is 12.7 Å². The highest BCUT2D eigenvalue weighted by molar-refractivity contribution is 4.59. The van der Waals surface area contributed by atoms with Crippen molar-refractivity contribution in [2.24, 2.45) is 0 Å². The van der Waals surface area contributed by atoms with Crippen molar-refractivity contribution in [1.29, 1.82) is 0 Å². The third-order valence-electron chi connectivity index (χ3n) is 2.10. The highest BCUT2D eigenvalue weighted by atomic mass is 15.3. The van der Waals surface area contributed by atoms with Crippen LogP contribution in [0.15, 0.2) is 12.7 Å². The first-order valence-electron chi connectivity index (χ1n) is 4.91. The molecule has 4 nitrogen and oxygen atoms in total. The van der Waals surface area contributed by atoms with Crippen molar-refractivity contribution in [2.75, 3.05) is 19.6 Å². The van der Waals surface area contributed by atoms with Crippen molar-refractivity contribution >= 4 is 0 Å². The van der Waals surface area contributed by atoms with Crippen LogP contribution in [0.2, 0.25) is 0 Å². The van der Waals surface area contributed by atoms with Gasteiger partial charge in [0, 0.05) is 6.54 Å². The quantitative estimate of drug-likeness (QED) is 0.658. The Bertz CT molecular complexity index is 207. The van der Waals surface area contributed by atoms with Crippen molar-refractivity contribution in [3.8, 4) is 0 Å². The molecule has 1 rings (SSSR count). The van der Waals surface area contributed by atoms with E-state index in [2.05, 4.69) is 28.8 Å². The van der Waals surface area contributed by atoms with Crippen LogP contribution in [-0.2, 0) is 6.54 Å². The molecule has 74 valence electrons. The van der Waals surface area contributed by atoms with Gasteiger partial charge in [0.15, 0.2) is 0 Å². The normalized spacial score (nSPS) is 11.0. The minimum atomic E-state index is 0.938. The lowest BCUT2D eigenvalue weighted by molar-refractivity contribution is 0.272.